The fourth-order valence-electron chi connectivity index (χ4n) is 4.97. The van der Waals surface area contributed by atoms with Crippen LogP contribution in [-0.2, 0) is 17.5 Å². The summed E-state index contributed by atoms with van der Waals surface area (Å²) in [5.41, 5.74) is 2.91. The first-order valence-electron chi connectivity index (χ1n) is 11.8. The number of hydrazone groups is 1. The third-order valence-corrected chi connectivity index (χ3v) is 7.24. The van der Waals surface area contributed by atoms with Crippen molar-refractivity contribution in [1.82, 2.24) is 14.8 Å². The van der Waals surface area contributed by atoms with Gasteiger partial charge in [0.15, 0.2) is 5.69 Å². The van der Waals surface area contributed by atoms with Gasteiger partial charge in [-0.05, 0) is 79.3 Å². The number of carbonyl (C=O) groups is 1. The van der Waals surface area contributed by atoms with E-state index >= 15 is 0 Å². The van der Waals surface area contributed by atoms with E-state index in [1.54, 1.807) is 12.1 Å². The van der Waals surface area contributed by atoms with Gasteiger partial charge in [0, 0.05) is 21.7 Å². The summed E-state index contributed by atoms with van der Waals surface area (Å²) in [7, 11) is 0. The second-order valence-corrected chi connectivity index (χ2v) is 10.1. The molecule has 1 amide bonds. The normalized spacial score (nSPS) is 20.8. The summed E-state index contributed by atoms with van der Waals surface area (Å²) in [5, 5.41) is 11.0. The van der Waals surface area contributed by atoms with Crippen LogP contribution in [0.25, 0.3) is 6.08 Å². The van der Waals surface area contributed by atoms with Gasteiger partial charge in [0.25, 0.3) is 5.91 Å². The Balaban J connectivity index is 1.51. The van der Waals surface area contributed by atoms with Crippen LogP contribution in [0.2, 0.25) is 10.0 Å². The van der Waals surface area contributed by atoms with Crippen LogP contribution < -0.4 is 0 Å². The Hall–Kier alpha value is -3.10. The molecule has 2 atom stereocenters. The number of aryl methyl sites for hydroxylation is 1. The molecule has 37 heavy (non-hydrogen) atoms. The van der Waals surface area contributed by atoms with E-state index in [2.05, 4.69) is 11.2 Å². The Kier molecular flexibility index (Phi) is 6.89. The lowest BCUT2D eigenvalue weighted by molar-refractivity contribution is -0.142. The van der Waals surface area contributed by atoms with Gasteiger partial charge in [0.2, 0.25) is 0 Å². The number of alkyl halides is 3. The monoisotopic (exact) mass is 546 g/mol. The Labute approximate surface area is 222 Å². The van der Waals surface area contributed by atoms with Gasteiger partial charge in [-0.3, -0.25) is 9.48 Å². The second kappa shape index (κ2) is 9.99. The van der Waals surface area contributed by atoms with E-state index in [0.717, 1.165) is 52.4 Å². The number of amides is 1. The number of rotatable bonds is 4. The number of nitrogens with zero attached hydrogens (tertiary/aromatic N) is 4. The number of hydrogen-bond acceptors (Lipinski definition) is 3. The molecule has 2 heterocycles. The molecule has 1 saturated carbocycles. The number of allylic oxidation sites excluding steroid dienone is 1. The number of hydrogen-bond donors (Lipinski definition) is 0. The summed E-state index contributed by atoms with van der Waals surface area (Å²) < 4.78 is 40.6. The zero-order valence-electron chi connectivity index (χ0n) is 19.8. The Bertz CT molecular complexity index is 1380. The highest BCUT2D eigenvalue weighted by Crippen LogP contribution is 2.44. The smallest absolute Gasteiger partial charge is 0.271 e. The summed E-state index contributed by atoms with van der Waals surface area (Å²) in [4.78, 5) is 13.5. The zero-order chi connectivity index (χ0) is 26.3. The largest absolute Gasteiger partial charge is 0.435 e. The summed E-state index contributed by atoms with van der Waals surface area (Å²) in [6.07, 6.45) is 0.0202. The molecule has 5 rings (SSSR count). The summed E-state index contributed by atoms with van der Waals surface area (Å²) in [6, 6.07) is 15.3. The number of fused-ring (bicyclic) bond motifs is 1. The molecule has 10 heteroatoms. The quantitative estimate of drug-likeness (QED) is 0.343. The van der Waals surface area contributed by atoms with Gasteiger partial charge >= 0.3 is 6.18 Å². The van der Waals surface area contributed by atoms with E-state index in [0.29, 0.717) is 10.0 Å². The fourth-order valence-corrected chi connectivity index (χ4v) is 5.22. The van der Waals surface area contributed by atoms with Crippen molar-refractivity contribution in [2.45, 2.75) is 44.9 Å². The molecule has 0 N–H and O–H groups in total. The van der Waals surface area contributed by atoms with E-state index in [4.69, 9.17) is 28.3 Å². The lowest BCUT2D eigenvalue weighted by atomic mass is 9.77. The third-order valence-electron chi connectivity index (χ3n) is 6.74. The van der Waals surface area contributed by atoms with Crippen LogP contribution in [0.1, 0.15) is 47.8 Å². The minimum Gasteiger partial charge on any atom is -0.271 e. The molecular formula is C27H23Cl2F3N4O. The highest BCUT2D eigenvalue weighted by Gasteiger charge is 2.44. The molecule has 0 spiro atoms. The molecule has 1 aliphatic carbocycles. The second-order valence-electron chi connectivity index (χ2n) is 9.27. The maximum Gasteiger partial charge on any atom is 0.435 e. The van der Waals surface area contributed by atoms with Gasteiger partial charge in [0.05, 0.1) is 11.8 Å². The number of aromatic nitrogens is 2. The molecular weight excluding hydrogens is 524 g/mol. The molecule has 5 nitrogen and oxygen atoms in total. The van der Waals surface area contributed by atoms with Gasteiger partial charge in [-0.1, -0.05) is 47.5 Å². The first-order chi connectivity index (χ1) is 17.6. The van der Waals surface area contributed by atoms with Crippen LogP contribution in [0.5, 0.6) is 0 Å². The predicted molar refractivity (Wildman–Crippen MR) is 137 cm³/mol. The van der Waals surface area contributed by atoms with Gasteiger partial charge in [0.1, 0.15) is 6.54 Å². The van der Waals surface area contributed by atoms with E-state index in [9.17, 15) is 18.0 Å². The van der Waals surface area contributed by atoms with Crippen molar-refractivity contribution in [3.8, 4) is 0 Å². The SMILES string of the molecule is Cc1cc(C(F)(F)F)nn1CC(=O)N1N=C2/C(=C\c3ccc(Cl)cc3)CCC[C@@H]2[C@@H]1c1ccc(Cl)cc1. The van der Waals surface area contributed by atoms with Crippen LogP contribution in [0.4, 0.5) is 13.2 Å². The summed E-state index contributed by atoms with van der Waals surface area (Å²) in [5.74, 6) is -0.491. The highest BCUT2D eigenvalue weighted by atomic mass is 35.5. The van der Waals surface area contributed by atoms with Crippen LogP contribution >= 0.6 is 23.2 Å². The first-order valence-corrected chi connectivity index (χ1v) is 12.6. The lowest BCUT2D eigenvalue weighted by Crippen LogP contribution is -2.34. The summed E-state index contributed by atoms with van der Waals surface area (Å²) in [6.45, 7) is 1.14. The molecule has 0 radical (unpaired) electrons. The Morgan fingerprint density at radius 2 is 1.73 bits per heavy atom. The van der Waals surface area contributed by atoms with E-state index in [-0.39, 0.29) is 18.2 Å². The van der Waals surface area contributed by atoms with Gasteiger partial charge in [-0.15, -0.1) is 0 Å². The van der Waals surface area contributed by atoms with E-state index < -0.39 is 23.8 Å². The molecule has 2 aromatic carbocycles. The van der Waals surface area contributed by atoms with Crippen molar-refractivity contribution < 1.29 is 18.0 Å². The average molecular weight is 547 g/mol. The Morgan fingerprint density at radius 1 is 1.08 bits per heavy atom. The van der Waals surface area contributed by atoms with Gasteiger partial charge < -0.3 is 0 Å². The van der Waals surface area contributed by atoms with Gasteiger partial charge in [-0.2, -0.15) is 23.4 Å². The molecule has 192 valence electrons. The standard InChI is InChI=1S/C27H23Cl2F3N4O/c1-16-13-23(27(30,31)32)33-35(16)15-24(37)36-26(18-7-11-21(29)12-8-18)22-4-2-3-19(25(22)34-36)14-17-5-9-20(28)10-6-17/h5-14,22,26H,2-4,15H2,1H3/b19-14-/t22-,26-/m0/s1. The van der Waals surface area contributed by atoms with Crippen molar-refractivity contribution in [3.05, 3.63) is 92.7 Å². The molecule has 0 unspecified atom stereocenters. The topological polar surface area (TPSA) is 50.5 Å². The lowest BCUT2D eigenvalue weighted by Gasteiger charge is -2.29. The molecule has 2 aliphatic rings. The van der Waals surface area contributed by atoms with Crippen molar-refractivity contribution in [1.29, 1.82) is 0 Å². The maximum absolute atomic E-state index is 13.5. The maximum atomic E-state index is 13.5. The van der Waals surface area contributed by atoms with Gasteiger partial charge in [-0.25, -0.2) is 5.01 Å². The summed E-state index contributed by atoms with van der Waals surface area (Å²) >= 11 is 12.1. The van der Waals surface area contributed by atoms with Crippen molar-refractivity contribution in [2.24, 2.45) is 11.0 Å². The van der Waals surface area contributed by atoms with E-state index in [1.807, 2.05) is 36.4 Å². The Morgan fingerprint density at radius 3 is 2.35 bits per heavy atom. The van der Waals surface area contributed by atoms with Crippen LogP contribution in [0.3, 0.4) is 0 Å². The minimum atomic E-state index is -4.59. The van der Waals surface area contributed by atoms with Crippen molar-refractivity contribution in [2.75, 3.05) is 0 Å². The van der Waals surface area contributed by atoms with Crippen LogP contribution in [0.15, 0.2) is 65.3 Å². The predicted octanol–water partition coefficient (Wildman–Crippen LogP) is 7.34. The minimum absolute atomic E-state index is 0.0538. The van der Waals surface area contributed by atoms with Crippen molar-refractivity contribution >= 4 is 40.9 Å². The zero-order valence-corrected chi connectivity index (χ0v) is 21.4. The van der Waals surface area contributed by atoms with Crippen LogP contribution in [0, 0.1) is 12.8 Å². The van der Waals surface area contributed by atoms with Crippen molar-refractivity contribution in [3.63, 3.8) is 0 Å². The molecule has 1 fully saturated rings. The first kappa shape index (κ1) is 25.5. The molecule has 1 aromatic heterocycles. The molecule has 0 bridgehead atoms. The highest BCUT2D eigenvalue weighted by molar-refractivity contribution is 6.30. The van der Waals surface area contributed by atoms with Crippen LogP contribution in [-0.4, -0.2) is 26.4 Å². The molecule has 0 saturated heterocycles. The average Bonchev–Trinajstić information content (AvgIpc) is 3.43. The number of benzene rings is 2. The molecule has 1 aliphatic heterocycles. The third kappa shape index (κ3) is 5.31. The number of carbonyl (C=O) groups excluding carboxylic acids is 1. The fraction of sp³-hybridized carbons (Fsp3) is 0.296. The van der Waals surface area contributed by atoms with E-state index in [1.165, 1.54) is 11.9 Å². The number of halogens is 5. The molecule has 3 aromatic rings.